The molecule has 2 rings (SSSR count). The summed E-state index contributed by atoms with van der Waals surface area (Å²) in [6.45, 7) is 9.02. The molecule has 0 radical (unpaired) electrons. The molecular formula is C16H25ClN2. The van der Waals surface area contributed by atoms with Gasteiger partial charge in [0.2, 0.25) is 0 Å². The van der Waals surface area contributed by atoms with Gasteiger partial charge in [-0.15, -0.1) is 0 Å². The summed E-state index contributed by atoms with van der Waals surface area (Å²) in [6.07, 6.45) is 6.91. The van der Waals surface area contributed by atoms with Gasteiger partial charge in [-0.2, -0.15) is 0 Å². The summed E-state index contributed by atoms with van der Waals surface area (Å²) < 4.78 is 0. The first-order valence-electron chi connectivity index (χ1n) is 7.25. The fraction of sp³-hybridized carbons (Fsp3) is 0.688. The van der Waals surface area contributed by atoms with Crippen molar-refractivity contribution in [1.29, 1.82) is 0 Å². The Hall–Kier alpha value is -0.760. The van der Waals surface area contributed by atoms with Crippen molar-refractivity contribution in [2.75, 3.05) is 5.32 Å². The van der Waals surface area contributed by atoms with E-state index in [0.29, 0.717) is 11.5 Å². The van der Waals surface area contributed by atoms with Gasteiger partial charge in [0, 0.05) is 12.2 Å². The van der Waals surface area contributed by atoms with Crippen LogP contribution in [0, 0.1) is 18.3 Å². The van der Waals surface area contributed by atoms with E-state index in [-0.39, 0.29) is 0 Å². The van der Waals surface area contributed by atoms with E-state index < -0.39 is 0 Å². The van der Waals surface area contributed by atoms with Crippen molar-refractivity contribution >= 4 is 17.3 Å². The summed E-state index contributed by atoms with van der Waals surface area (Å²) in [5, 5.41) is 4.35. The summed E-state index contributed by atoms with van der Waals surface area (Å²) in [7, 11) is 0. The fourth-order valence-electron chi connectivity index (χ4n) is 2.98. The largest absolute Gasteiger partial charge is 0.381 e. The average molecular weight is 281 g/mol. The third kappa shape index (κ3) is 3.62. The lowest BCUT2D eigenvalue weighted by Crippen LogP contribution is -2.31. The molecule has 0 spiro atoms. The zero-order valence-electron chi connectivity index (χ0n) is 12.5. The van der Waals surface area contributed by atoms with Gasteiger partial charge in [-0.05, 0) is 50.0 Å². The summed E-state index contributed by atoms with van der Waals surface area (Å²) in [6, 6.07) is 2.53. The lowest BCUT2D eigenvalue weighted by atomic mass is 9.71. The minimum Gasteiger partial charge on any atom is -0.381 e. The van der Waals surface area contributed by atoms with Gasteiger partial charge in [0.1, 0.15) is 0 Å². The van der Waals surface area contributed by atoms with Crippen molar-refractivity contribution in [2.45, 2.75) is 59.4 Å². The number of nitrogens with zero attached hydrogens (tertiary/aromatic N) is 1. The zero-order valence-corrected chi connectivity index (χ0v) is 13.2. The van der Waals surface area contributed by atoms with Crippen LogP contribution in [0.25, 0.3) is 0 Å². The molecule has 1 aromatic heterocycles. The molecule has 1 N–H and O–H groups in total. The molecule has 0 atom stereocenters. The normalized spacial score (nSPS) is 24.3. The Kier molecular flexibility index (Phi) is 4.39. The molecule has 106 valence electrons. The van der Waals surface area contributed by atoms with E-state index in [2.05, 4.69) is 31.1 Å². The van der Waals surface area contributed by atoms with Crippen LogP contribution in [0.15, 0.2) is 12.3 Å². The molecule has 1 aromatic rings. The molecule has 3 heteroatoms. The van der Waals surface area contributed by atoms with E-state index >= 15 is 0 Å². The first kappa shape index (κ1) is 14.6. The highest BCUT2D eigenvalue weighted by Gasteiger charge is 2.29. The van der Waals surface area contributed by atoms with E-state index in [9.17, 15) is 0 Å². The van der Waals surface area contributed by atoms with Crippen LogP contribution in [0.1, 0.15) is 52.1 Å². The van der Waals surface area contributed by atoms with Crippen LogP contribution < -0.4 is 5.32 Å². The molecule has 19 heavy (non-hydrogen) atoms. The van der Waals surface area contributed by atoms with Crippen LogP contribution in [0.5, 0.6) is 0 Å². The van der Waals surface area contributed by atoms with E-state index in [4.69, 9.17) is 11.6 Å². The number of hydrogen-bond acceptors (Lipinski definition) is 2. The molecule has 0 amide bonds. The first-order valence-corrected chi connectivity index (χ1v) is 7.63. The number of nitrogens with one attached hydrogen (secondary N) is 1. The zero-order chi connectivity index (χ0) is 14.0. The molecule has 1 saturated carbocycles. The van der Waals surface area contributed by atoms with Crippen LogP contribution >= 0.6 is 11.6 Å². The van der Waals surface area contributed by atoms with E-state index in [1.165, 1.54) is 25.7 Å². The monoisotopic (exact) mass is 280 g/mol. The van der Waals surface area contributed by atoms with E-state index in [1.807, 2.05) is 19.2 Å². The van der Waals surface area contributed by atoms with Gasteiger partial charge in [-0.1, -0.05) is 32.4 Å². The molecule has 1 fully saturated rings. The molecule has 0 aliphatic heterocycles. The maximum Gasteiger partial charge on any atom is 0.0849 e. The molecule has 1 heterocycles. The molecule has 0 saturated heterocycles. The van der Waals surface area contributed by atoms with Gasteiger partial charge >= 0.3 is 0 Å². The van der Waals surface area contributed by atoms with E-state index in [1.54, 1.807) is 0 Å². The Morgan fingerprint density at radius 3 is 2.42 bits per heavy atom. The van der Waals surface area contributed by atoms with Gasteiger partial charge < -0.3 is 5.32 Å². The lowest BCUT2D eigenvalue weighted by Gasteiger charge is -2.37. The quantitative estimate of drug-likeness (QED) is 0.819. The Labute approximate surface area is 122 Å². The van der Waals surface area contributed by atoms with Crippen LogP contribution in [-0.4, -0.2) is 11.0 Å². The Balaban J connectivity index is 1.94. The second kappa shape index (κ2) is 5.70. The van der Waals surface area contributed by atoms with Crippen LogP contribution in [0.2, 0.25) is 5.02 Å². The van der Waals surface area contributed by atoms with Crippen molar-refractivity contribution in [3.8, 4) is 0 Å². The summed E-state index contributed by atoms with van der Waals surface area (Å²) in [4.78, 5) is 4.20. The van der Waals surface area contributed by atoms with Crippen LogP contribution in [0.3, 0.4) is 0 Å². The molecule has 0 unspecified atom stereocenters. The first-order chi connectivity index (χ1) is 8.88. The Morgan fingerprint density at radius 2 is 1.84 bits per heavy atom. The highest BCUT2D eigenvalue weighted by Crippen LogP contribution is 2.38. The fourth-order valence-corrected chi connectivity index (χ4v) is 3.15. The van der Waals surface area contributed by atoms with E-state index in [0.717, 1.165) is 22.3 Å². The van der Waals surface area contributed by atoms with Crippen molar-refractivity contribution in [2.24, 2.45) is 11.3 Å². The maximum atomic E-state index is 6.29. The SMILES string of the molecule is Cc1nccc(N[C@H]2CC[C@@H](C(C)(C)C)CC2)c1Cl. The minimum absolute atomic E-state index is 0.440. The molecule has 0 aromatic carbocycles. The number of anilines is 1. The number of aryl methyl sites for hydroxylation is 1. The van der Waals surface area contributed by atoms with Crippen molar-refractivity contribution < 1.29 is 0 Å². The predicted octanol–water partition coefficient (Wildman–Crippen LogP) is 5.06. The molecular weight excluding hydrogens is 256 g/mol. The third-order valence-electron chi connectivity index (χ3n) is 4.38. The van der Waals surface area contributed by atoms with Gasteiger partial charge in [0.05, 0.1) is 16.4 Å². The van der Waals surface area contributed by atoms with Crippen LogP contribution in [-0.2, 0) is 0 Å². The topological polar surface area (TPSA) is 24.9 Å². The number of halogens is 1. The lowest BCUT2D eigenvalue weighted by molar-refractivity contribution is 0.173. The van der Waals surface area contributed by atoms with Gasteiger partial charge in [-0.3, -0.25) is 4.98 Å². The highest BCUT2D eigenvalue weighted by atomic mass is 35.5. The van der Waals surface area contributed by atoms with Gasteiger partial charge in [0.25, 0.3) is 0 Å². The second-order valence-corrected chi connectivity index (χ2v) is 7.19. The molecule has 1 aliphatic rings. The van der Waals surface area contributed by atoms with Gasteiger partial charge in [0.15, 0.2) is 0 Å². The standard InChI is InChI=1S/C16H25ClN2/c1-11-15(17)14(9-10-18-11)19-13-7-5-12(6-8-13)16(2,3)4/h9-10,12-13H,5-8H2,1-4H3,(H,18,19)/t12-,13+. The second-order valence-electron chi connectivity index (χ2n) is 6.82. The number of hydrogen-bond donors (Lipinski definition) is 1. The van der Waals surface area contributed by atoms with Crippen LogP contribution in [0.4, 0.5) is 5.69 Å². The maximum absolute atomic E-state index is 6.29. The highest BCUT2D eigenvalue weighted by molar-refractivity contribution is 6.33. The Morgan fingerprint density at radius 1 is 1.21 bits per heavy atom. The number of rotatable bonds is 2. The minimum atomic E-state index is 0.440. The molecule has 2 nitrogen and oxygen atoms in total. The summed E-state index contributed by atoms with van der Waals surface area (Å²) in [5.41, 5.74) is 2.37. The van der Waals surface area contributed by atoms with Crippen molar-refractivity contribution in [1.82, 2.24) is 4.98 Å². The van der Waals surface area contributed by atoms with Crippen molar-refractivity contribution in [3.05, 3.63) is 23.0 Å². The smallest absolute Gasteiger partial charge is 0.0849 e. The van der Waals surface area contributed by atoms with Gasteiger partial charge in [-0.25, -0.2) is 0 Å². The Bertz CT molecular complexity index is 429. The predicted molar refractivity (Wildman–Crippen MR) is 82.8 cm³/mol. The summed E-state index contributed by atoms with van der Waals surface area (Å²) in [5.74, 6) is 0.847. The molecule has 1 aliphatic carbocycles. The summed E-state index contributed by atoms with van der Waals surface area (Å²) >= 11 is 6.29. The number of pyridine rings is 1. The molecule has 0 bridgehead atoms. The van der Waals surface area contributed by atoms with Crippen molar-refractivity contribution in [3.63, 3.8) is 0 Å². The third-order valence-corrected chi connectivity index (χ3v) is 4.85. The number of aromatic nitrogens is 1. The average Bonchev–Trinajstić information content (AvgIpc) is 2.35.